The van der Waals surface area contributed by atoms with Crippen LogP contribution in [0.25, 0.3) is 0 Å². The van der Waals surface area contributed by atoms with E-state index < -0.39 is 0 Å². The summed E-state index contributed by atoms with van der Waals surface area (Å²) in [5.74, 6) is 0.909. The maximum atomic E-state index is 6.07. The Morgan fingerprint density at radius 1 is 1.38 bits per heavy atom. The molecule has 5 nitrogen and oxygen atoms in total. The number of aromatic nitrogens is 2. The molecule has 1 fully saturated rings. The lowest BCUT2D eigenvalue weighted by Crippen LogP contribution is -2.32. The molecule has 0 atom stereocenters. The van der Waals surface area contributed by atoms with Gasteiger partial charge in [0.1, 0.15) is 0 Å². The molecule has 1 aromatic heterocycles. The molecule has 0 radical (unpaired) electrons. The molecule has 0 saturated carbocycles. The second kappa shape index (κ2) is 4.33. The fourth-order valence-electron chi connectivity index (χ4n) is 1.92. The lowest BCUT2D eigenvalue weighted by Gasteiger charge is -2.29. The summed E-state index contributed by atoms with van der Waals surface area (Å²) in [5, 5.41) is 6.34. The van der Waals surface area contributed by atoms with Crippen LogP contribution in [0.15, 0.2) is 0 Å². The number of hydrogen-bond donors (Lipinski definition) is 1. The van der Waals surface area contributed by atoms with Gasteiger partial charge in [0.2, 0.25) is 0 Å². The highest BCUT2D eigenvalue weighted by Gasteiger charge is 2.22. The van der Waals surface area contributed by atoms with Gasteiger partial charge in [0.05, 0.1) is 18.0 Å². The molecular formula is C11H20N4O. The van der Waals surface area contributed by atoms with Crippen LogP contribution in [0.4, 0.5) is 11.5 Å². The van der Waals surface area contributed by atoms with E-state index in [1.165, 1.54) is 0 Å². The van der Waals surface area contributed by atoms with Crippen LogP contribution in [0.5, 0.6) is 0 Å². The number of rotatable bonds is 2. The van der Waals surface area contributed by atoms with Crippen molar-refractivity contribution in [3.63, 3.8) is 0 Å². The van der Waals surface area contributed by atoms with Crippen LogP contribution >= 0.6 is 0 Å². The number of hydroxylamine groups is 1. The zero-order chi connectivity index (χ0) is 11.7. The Morgan fingerprint density at radius 3 is 2.69 bits per heavy atom. The monoisotopic (exact) mass is 224 g/mol. The molecule has 1 saturated heterocycles. The quantitative estimate of drug-likeness (QED) is 0.833. The number of aryl methyl sites for hydroxylation is 1. The average molecular weight is 224 g/mol. The summed E-state index contributed by atoms with van der Waals surface area (Å²) in [4.78, 5) is 5.64. The highest BCUT2D eigenvalue weighted by atomic mass is 16.7. The Labute approximate surface area is 96.1 Å². The predicted octanol–water partition coefficient (Wildman–Crippen LogP) is 1.89. The number of nitrogen functional groups attached to an aromatic ring is 1. The van der Waals surface area contributed by atoms with Crippen LogP contribution in [-0.4, -0.2) is 22.9 Å². The standard InChI is InChI=1S/C11H20N4O/c1-8(2)15-11(10(12)9(3)13-15)14-6-4-5-7-16-14/h8H,4-7,12H2,1-3H3. The van der Waals surface area contributed by atoms with Gasteiger partial charge in [-0.3, -0.25) is 4.84 Å². The van der Waals surface area contributed by atoms with Crippen molar-refractivity contribution >= 4 is 11.5 Å². The summed E-state index contributed by atoms with van der Waals surface area (Å²) in [5.41, 5.74) is 7.67. The summed E-state index contributed by atoms with van der Waals surface area (Å²) in [6, 6.07) is 0.288. The Kier molecular flexibility index (Phi) is 3.05. The van der Waals surface area contributed by atoms with Gasteiger partial charge < -0.3 is 5.73 Å². The second-order valence-corrected chi connectivity index (χ2v) is 4.50. The van der Waals surface area contributed by atoms with Gasteiger partial charge in [-0.1, -0.05) is 0 Å². The van der Waals surface area contributed by atoms with E-state index in [9.17, 15) is 0 Å². The lowest BCUT2D eigenvalue weighted by molar-refractivity contribution is 0.0739. The third-order valence-electron chi connectivity index (χ3n) is 2.83. The molecule has 1 aromatic rings. The lowest BCUT2D eigenvalue weighted by atomic mass is 10.3. The Bertz CT molecular complexity index is 366. The number of nitrogens with zero attached hydrogens (tertiary/aromatic N) is 3. The van der Waals surface area contributed by atoms with Crippen molar-refractivity contribution in [2.24, 2.45) is 0 Å². The molecule has 5 heteroatoms. The molecule has 90 valence electrons. The number of anilines is 2. The van der Waals surface area contributed by atoms with E-state index in [0.29, 0.717) is 0 Å². The number of nitrogens with two attached hydrogens (primary N) is 1. The summed E-state index contributed by atoms with van der Waals surface area (Å²) in [6.45, 7) is 7.78. The minimum absolute atomic E-state index is 0.288. The van der Waals surface area contributed by atoms with Crippen molar-refractivity contribution in [1.82, 2.24) is 9.78 Å². The molecule has 16 heavy (non-hydrogen) atoms. The topological polar surface area (TPSA) is 56.3 Å². The van der Waals surface area contributed by atoms with E-state index in [4.69, 9.17) is 10.6 Å². The molecule has 2 N–H and O–H groups in total. The first-order valence-corrected chi connectivity index (χ1v) is 5.86. The van der Waals surface area contributed by atoms with Gasteiger partial charge in [-0.2, -0.15) is 5.10 Å². The molecule has 0 unspecified atom stereocenters. The number of hydrogen-bond acceptors (Lipinski definition) is 4. The smallest absolute Gasteiger partial charge is 0.175 e. The van der Waals surface area contributed by atoms with Crippen molar-refractivity contribution in [1.29, 1.82) is 0 Å². The highest BCUT2D eigenvalue weighted by molar-refractivity contribution is 5.65. The first-order valence-electron chi connectivity index (χ1n) is 5.86. The van der Waals surface area contributed by atoms with Gasteiger partial charge >= 0.3 is 0 Å². The fourth-order valence-corrected chi connectivity index (χ4v) is 1.92. The van der Waals surface area contributed by atoms with Gasteiger partial charge in [-0.05, 0) is 33.6 Å². The largest absolute Gasteiger partial charge is 0.394 e. The summed E-state index contributed by atoms with van der Waals surface area (Å²) < 4.78 is 1.94. The predicted molar refractivity (Wildman–Crippen MR) is 64.3 cm³/mol. The van der Waals surface area contributed by atoms with Crippen molar-refractivity contribution in [3.8, 4) is 0 Å². The van der Waals surface area contributed by atoms with Gasteiger partial charge in [-0.15, -0.1) is 0 Å². The van der Waals surface area contributed by atoms with Gasteiger partial charge in [0.25, 0.3) is 0 Å². The minimum Gasteiger partial charge on any atom is -0.394 e. The average Bonchev–Trinajstić information content (AvgIpc) is 2.57. The fraction of sp³-hybridized carbons (Fsp3) is 0.727. The van der Waals surface area contributed by atoms with Crippen molar-refractivity contribution in [2.75, 3.05) is 23.9 Å². The third kappa shape index (κ3) is 1.87. The van der Waals surface area contributed by atoms with Crippen molar-refractivity contribution in [3.05, 3.63) is 5.69 Å². The molecule has 1 aliphatic heterocycles. The molecule has 2 rings (SSSR count). The second-order valence-electron chi connectivity index (χ2n) is 4.50. The third-order valence-corrected chi connectivity index (χ3v) is 2.83. The highest BCUT2D eigenvalue weighted by Crippen LogP contribution is 2.30. The van der Waals surface area contributed by atoms with E-state index >= 15 is 0 Å². The van der Waals surface area contributed by atoms with E-state index in [1.807, 2.05) is 16.7 Å². The molecule has 0 amide bonds. The maximum Gasteiger partial charge on any atom is 0.175 e. The molecule has 0 aromatic carbocycles. The zero-order valence-electron chi connectivity index (χ0n) is 10.2. The van der Waals surface area contributed by atoms with Crippen LogP contribution in [0.1, 0.15) is 38.4 Å². The molecular weight excluding hydrogens is 204 g/mol. The van der Waals surface area contributed by atoms with Crippen molar-refractivity contribution < 1.29 is 4.84 Å². The van der Waals surface area contributed by atoms with Crippen LogP contribution < -0.4 is 10.8 Å². The van der Waals surface area contributed by atoms with Crippen LogP contribution in [0.2, 0.25) is 0 Å². The maximum absolute atomic E-state index is 6.07. The Morgan fingerprint density at radius 2 is 2.12 bits per heavy atom. The van der Waals surface area contributed by atoms with Gasteiger partial charge in [0.15, 0.2) is 5.82 Å². The van der Waals surface area contributed by atoms with Gasteiger partial charge in [-0.25, -0.2) is 9.75 Å². The van der Waals surface area contributed by atoms with Crippen molar-refractivity contribution in [2.45, 2.75) is 39.7 Å². The molecule has 0 bridgehead atoms. The SMILES string of the molecule is Cc1nn(C(C)C)c(N2CCCCO2)c1N. The summed E-state index contributed by atoms with van der Waals surface area (Å²) in [7, 11) is 0. The first-order chi connectivity index (χ1) is 7.61. The van der Waals surface area contributed by atoms with Crippen LogP contribution in [0, 0.1) is 6.92 Å². The van der Waals surface area contributed by atoms with Crippen LogP contribution in [-0.2, 0) is 4.84 Å². The molecule has 1 aliphatic rings. The van der Waals surface area contributed by atoms with Gasteiger partial charge in [0, 0.05) is 12.6 Å². The molecule has 2 heterocycles. The first kappa shape index (κ1) is 11.3. The Balaban J connectivity index is 2.36. The summed E-state index contributed by atoms with van der Waals surface area (Å²) >= 11 is 0. The zero-order valence-corrected chi connectivity index (χ0v) is 10.2. The van der Waals surface area contributed by atoms with E-state index in [-0.39, 0.29) is 6.04 Å². The van der Waals surface area contributed by atoms with E-state index in [1.54, 1.807) is 0 Å². The molecule has 0 spiro atoms. The molecule has 0 aliphatic carbocycles. The van der Waals surface area contributed by atoms with E-state index in [2.05, 4.69) is 18.9 Å². The van der Waals surface area contributed by atoms with E-state index in [0.717, 1.165) is 43.2 Å². The Hall–Kier alpha value is -1.23. The minimum atomic E-state index is 0.288. The summed E-state index contributed by atoms with van der Waals surface area (Å²) in [6.07, 6.45) is 2.26. The van der Waals surface area contributed by atoms with Crippen LogP contribution in [0.3, 0.4) is 0 Å². The normalized spacial score (nSPS) is 17.1.